The Hall–Kier alpha value is -2.54. The molecular formula is C16H18N6O. The van der Waals surface area contributed by atoms with E-state index in [0.29, 0.717) is 11.7 Å². The van der Waals surface area contributed by atoms with Gasteiger partial charge in [0.05, 0.1) is 6.61 Å². The van der Waals surface area contributed by atoms with E-state index in [-0.39, 0.29) is 0 Å². The Bertz CT molecular complexity index is 760. The maximum atomic E-state index is 5.46. The van der Waals surface area contributed by atoms with E-state index in [9.17, 15) is 0 Å². The molecule has 0 aliphatic carbocycles. The van der Waals surface area contributed by atoms with E-state index in [4.69, 9.17) is 4.74 Å². The van der Waals surface area contributed by atoms with E-state index < -0.39 is 0 Å². The lowest BCUT2D eigenvalue weighted by Crippen LogP contribution is -2.11. The molecule has 0 spiro atoms. The average Bonchev–Trinajstić information content (AvgIpc) is 3.33. The number of hydrogen-bond donors (Lipinski definition) is 1. The molecule has 0 radical (unpaired) electrons. The van der Waals surface area contributed by atoms with Crippen molar-refractivity contribution >= 4 is 0 Å². The fourth-order valence-corrected chi connectivity index (χ4v) is 2.87. The number of hydrogen-bond acceptors (Lipinski definition) is 5. The lowest BCUT2D eigenvalue weighted by Gasteiger charge is -2.10. The molecule has 7 heteroatoms. The van der Waals surface area contributed by atoms with E-state index in [2.05, 4.69) is 29.7 Å². The van der Waals surface area contributed by atoms with Crippen LogP contribution >= 0.6 is 0 Å². The Morgan fingerprint density at radius 2 is 2.17 bits per heavy atom. The minimum atomic E-state index is 0.409. The Morgan fingerprint density at radius 1 is 1.26 bits per heavy atom. The number of rotatable bonds is 5. The van der Waals surface area contributed by atoms with Crippen molar-refractivity contribution in [3.8, 4) is 11.4 Å². The normalized spacial score (nSPS) is 17.7. The molecule has 0 saturated carbocycles. The summed E-state index contributed by atoms with van der Waals surface area (Å²) in [6, 6.07) is 3.81. The first kappa shape index (κ1) is 14.1. The molecule has 0 unspecified atom stereocenters. The third-order valence-corrected chi connectivity index (χ3v) is 4.10. The van der Waals surface area contributed by atoms with Gasteiger partial charge >= 0.3 is 0 Å². The van der Waals surface area contributed by atoms with E-state index in [0.717, 1.165) is 49.8 Å². The SMILES string of the molecule is c1cc(-c2n[nH]c(CCn3ccnc3[C@H]3CCOC3)n2)ccn1. The van der Waals surface area contributed by atoms with Crippen LogP contribution in [0.15, 0.2) is 36.9 Å². The van der Waals surface area contributed by atoms with Crippen molar-refractivity contribution < 1.29 is 4.74 Å². The number of H-pyrrole nitrogens is 1. The molecule has 1 aliphatic rings. The number of nitrogens with one attached hydrogen (secondary N) is 1. The van der Waals surface area contributed by atoms with Crippen LogP contribution in [0.1, 0.15) is 24.0 Å². The van der Waals surface area contributed by atoms with Crippen LogP contribution < -0.4 is 0 Å². The number of imidazole rings is 1. The van der Waals surface area contributed by atoms with E-state index >= 15 is 0 Å². The third-order valence-electron chi connectivity index (χ3n) is 4.10. The van der Waals surface area contributed by atoms with Crippen molar-refractivity contribution in [1.29, 1.82) is 0 Å². The molecule has 1 saturated heterocycles. The van der Waals surface area contributed by atoms with Gasteiger partial charge in [-0.3, -0.25) is 10.1 Å². The quantitative estimate of drug-likeness (QED) is 0.777. The summed E-state index contributed by atoms with van der Waals surface area (Å²) in [6.45, 7) is 2.43. The van der Waals surface area contributed by atoms with Crippen LogP contribution in [-0.2, 0) is 17.7 Å². The van der Waals surface area contributed by atoms with Gasteiger partial charge < -0.3 is 9.30 Å². The fourth-order valence-electron chi connectivity index (χ4n) is 2.87. The molecule has 118 valence electrons. The minimum absolute atomic E-state index is 0.409. The van der Waals surface area contributed by atoms with Gasteiger partial charge in [0.2, 0.25) is 0 Å². The number of aryl methyl sites for hydroxylation is 2. The van der Waals surface area contributed by atoms with E-state index in [1.807, 2.05) is 24.5 Å². The van der Waals surface area contributed by atoms with Gasteiger partial charge in [-0.15, -0.1) is 0 Å². The van der Waals surface area contributed by atoms with Crippen molar-refractivity contribution in [3.05, 3.63) is 48.6 Å². The highest BCUT2D eigenvalue weighted by Crippen LogP contribution is 2.23. The van der Waals surface area contributed by atoms with Crippen LogP contribution in [0.5, 0.6) is 0 Å². The second-order valence-corrected chi connectivity index (χ2v) is 5.63. The van der Waals surface area contributed by atoms with Gasteiger partial charge in [0.25, 0.3) is 0 Å². The molecule has 1 atom stereocenters. The lowest BCUT2D eigenvalue weighted by atomic mass is 10.1. The topological polar surface area (TPSA) is 81.5 Å². The van der Waals surface area contributed by atoms with Crippen molar-refractivity contribution in [2.75, 3.05) is 13.2 Å². The molecule has 3 aromatic heterocycles. The maximum Gasteiger partial charge on any atom is 0.181 e. The first-order valence-electron chi connectivity index (χ1n) is 7.80. The molecule has 4 heterocycles. The Balaban J connectivity index is 1.44. The summed E-state index contributed by atoms with van der Waals surface area (Å²) in [5, 5.41) is 7.29. The molecule has 1 fully saturated rings. The second kappa shape index (κ2) is 6.29. The van der Waals surface area contributed by atoms with Crippen molar-refractivity contribution in [1.82, 2.24) is 29.7 Å². The summed E-state index contributed by atoms with van der Waals surface area (Å²) in [6.07, 6.45) is 9.20. The summed E-state index contributed by atoms with van der Waals surface area (Å²) in [5.74, 6) is 3.10. The van der Waals surface area contributed by atoms with Crippen LogP contribution in [0.25, 0.3) is 11.4 Å². The Labute approximate surface area is 133 Å². The van der Waals surface area contributed by atoms with Crippen LogP contribution in [-0.4, -0.2) is 42.9 Å². The number of aromatic nitrogens is 6. The van der Waals surface area contributed by atoms with Gasteiger partial charge in [0.1, 0.15) is 11.6 Å². The third kappa shape index (κ3) is 3.00. The lowest BCUT2D eigenvalue weighted by molar-refractivity contribution is 0.192. The summed E-state index contributed by atoms with van der Waals surface area (Å²) in [5.41, 5.74) is 0.967. The zero-order chi connectivity index (χ0) is 15.5. The van der Waals surface area contributed by atoms with Crippen molar-refractivity contribution in [2.45, 2.75) is 25.3 Å². The molecular weight excluding hydrogens is 292 g/mol. The van der Waals surface area contributed by atoms with Crippen LogP contribution in [0.4, 0.5) is 0 Å². The second-order valence-electron chi connectivity index (χ2n) is 5.63. The van der Waals surface area contributed by atoms with Crippen LogP contribution in [0.2, 0.25) is 0 Å². The van der Waals surface area contributed by atoms with Crippen LogP contribution in [0, 0.1) is 0 Å². The minimum Gasteiger partial charge on any atom is -0.381 e. The highest BCUT2D eigenvalue weighted by molar-refractivity contribution is 5.52. The summed E-state index contributed by atoms with van der Waals surface area (Å²) < 4.78 is 7.65. The molecule has 0 amide bonds. The molecule has 0 aromatic carbocycles. The van der Waals surface area contributed by atoms with Gasteiger partial charge in [-0.1, -0.05) is 0 Å². The van der Waals surface area contributed by atoms with Gasteiger partial charge in [0.15, 0.2) is 5.82 Å². The zero-order valence-electron chi connectivity index (χ0n) is 12.7. The average molecular weight is 310 g/mol. The molecule has 3 aromatic rings. The van der Waals surface area contributed by atoms with Gasteiger partial charge in [0, 0.05) is 55.8 Å². The number of aromatic amines is 1. The highest BCUT2D eigenvalue weighted by Gasteiger charge is 2.22. The molecule has 23 heavy (non-hydrogen) atoms. The van der Waals surface area contributed by atoms with Gasteiger partial charge in [-0.05, 0) is 18.6 Å². The number of nitrogens with zero attached hydrogens (tertiary/aromatic N) is 5. The number of pyridine rings is 1. The standard InChI is InChI=1S/C16H18N6O/c1-5-17-6-2-12(1)15-19-14(20-21-15)3-8-22-9-7-18-16(22)13-4-10-23-11-13/h1-2,5-7,9,13H,3-4,8,10-11H2,(H,19,20,21)/t13-/m0/s1. The first-order valence-corrected chi connectivity index (χ1v) is 7.80. The fraction of sp³-hybridized carbons (Fsp3) is 0.375. The Morgan fingerprint density at radius 3 is 3.00 bits per heavy atom. The molecule has 0 bridgehead atoms. The maximum absolute atomic E-state index is 5.46. The Kier molecular flexibility index (Phi) is 3.85. The van der Waals surface area contributed by atoms with E-state index in [1.54, 1.807) is 12.4 Å². The predicted octanol–water partition coefficient (Wildman–Crippen LogP) is 1.81. The van der Waals surface area contributed by atoms with Gasteiger partial charge in [-0.2, -0.15) is 5.10 Å². The zero-order valence-corrected chi connectivity index (χ0v) is 12.7. The summed E-state index contributed by atoms with van der Waals surface area (Å²) >= 11 is 0. The molecule has 1 aliphatic heterocycles. The summed E-state index contributed by atoms with van der Waals surface area (Å²) in [4.78, 5) is 13.1. The monoisotopic (exact) mass is 310 g/mol. The highest BCUT2D eigenvalue weighted by atomic mass is 16.5. The first-order chi connectivity index (χ1) is 11.4. The van der Waals surface area contributed by atoms with Crippen molar-refractivity contribution in [3.63, 3.8) is 0 Å². The van der Waals surface area contributed by atoms with Crippen LogP contribution in [0.3, 0.4) is 0 Å². The largest absolute Gasteiger partial charge is 0.381 e. The molecule has 7 nitrogen and oxygen atoms in total. The number of ether oxygens (including phenoxy) is 1. The molecule has 4 rings (SSSR count). The summed E-state index contributed by atoms with van der Waals surface area (Å²) in [7, 11) is 0. The molecule has 1 N–H and O–H groups in total. The van der Waals surface area contributed by atoms with Gasteiger partial charge in [-0.25, -0.2) is 9.97 Å². The smallest absolute Gasteiger partial charge is 0.181 e. The van der Waals surface area contributed by atoms with Crippen molar-refractivity contribution in [2.24, 2.45) is 0 Å². The van der Waals surface area contributed by atoms with E-state index in [1.165, 1.54) is 0 Å². The predicted molar refractivity (Wildman–Crippen MR) is 83.7 cm³/mol.